The molecule has 1 fully saturated rings. The van der Waals surface area contributed by atoms with Crippen LogP contribution in [0.25, 0.3) is 0 Å². The van der Waals surface area contributed by atoms with Crippen molar-refractivity contribution in [2.75, 3.05) is 10.7 Å². The Morgan fingerprint density at radius 1 is 1.35 bits per heavy atom. The second kappa shape index (κ2) is 4.88. The molecular formula is C11H9Cl2NO2S. The van der Waals surface area contributed by atoms with Crippen LogP contribution in [0.15, 0.2) is 18.2 Å². The van der Waals surface area contributed by atoms with Crippen LogP contribution in [0.2, 0.25) is 10.0 Å². The van der Waals surface area contributed by atoms with E-state index in [1.165, 1.54) is 17.8 Å². The summed E-state index contributed by atoms with van der Waals surface area (Å²) in [4.78, 5) is 24.9. The highest BCUT2D eigenvalue weighted by atomic mass is 35.5. The van der Waals surface area contributed by atoms with Crippen molar-refractivity contribution in [3.63, 3.8) is 0 Å². The smallest absolute Gasteiger partial charge is 0.246 e. The van der Waals surface area contributed by atoms with Gasteiger partial charge in [0.15, 0.2) is 0 Å². The van der Waals surface area contributed by atoms with Gasteiger partial charge in [0.05, 0.1) is 21.7 Å². The molecule has 0 aliphatic carbocycles. The molecule has 17 heavy (non-hydrogen) atoms. The van der Waals surface area contributed by atoms with Crippen molar-refractivity contribution in [1.29, 1.82) is 0 Å². The van der Waals surface area contributed by atoms with Crippen molar-refractivity contribution in [1.82, 2.24) is 0 Å². The van der Waals surface area contributed by atoms with Crippen LogP contribution in [0.5, 0.6) is 0 Å². The Morgan fingerprint density at radius 3 is 2.76 bits per heavy atom. The standard InChI is InChI=1S/C11H9Cl2NO2S/c1-6-11(16)14(10(15)5-17-6)9-4-7(12)2-3-8(9)13/h2-4,6H,5H2,1H3/t6-/m0/s1. The van der Waals surface area contributed by atoms with E-state index in [1.54, 1.807) is 19.1 Å². The van der Waals surface area contributed by atoms with Crippen LogP contribution in [-0.2, 0) is 9.59 Å². The Labute approximate surface area is 113 Å². The Morgan fingerprint density at radius 2 is 2.06 bits per heavy atom. The minimum atomic E-state index is -0.262. The fraction of sp³-hybridized carbons (Fsp3) is 0.273. The zero-order valence-electron chi connectivity index (χ0n) is 8.94. The third kappa shape index (κ3) is 2.44. The number of hydrogen-bond donors (Lipinski definition) is 0. The van der Waals surface area contributed by atoms with E-state index in [4.69, 9.17) is 23.2 Å². The molecule has 6 heteroatoms. The normalized spacial score (nSPS) is 20.9. The van der Waals surface area contributed by atoms with Gasteiger partial charge in [-0.3, -0.25) is 9.59 Å². The van der Waals surface area contributed by atoms with Crippen LogP contribution in [0.4, 0.5) is 5.69 Å². The van der Waals surface area contributed by atoms with Crippen LogP contribution in [-0.4, -0.2) is 22.8 Å². The molecule has 1 aromatic carbocycles. The molecule has 0 unspecified atom stereocenters. The van der Waals surface area contributed by atoms with Gasteiger partial charge in [-0.25, -0.2) is 4.90 Å². The first-order valence-electron chi connectivity index (χ1n) is 4.94. The minimum absolute atomic E-state index is 0.247. The fourth-order valence-electron chi connectivity index (χ4n) is 1.55. The summed E-state index contributed by atoms with van der Waals surface area (Å²) in [6.07, 6.45) is 0. The Hall–Kier alpha value is -0.710. The number of thioether (sulfide) groups is 1. The lowest BCUT2D eigenvalue weighted by Gasteiger charge is -2.29. The summed E-state index contributed by atoms with van der Waals surface area (Å²) in [5, 5.41) is 0.536. The number of nitrogens with zero attached hydrogens (tertiary/aromatic N) is 1. The molecule has 3 nitrogen and oxygen atoms in total. The van der Waals surface area contributed by atoms with E-state index in [0.717, 1.165) is 4.90 Å². The molecule has 1 aliphatic rings. The molecule has 0 saturated carbocycles. The molecule has 0 radical (unpaired) electrons. The third-order valence-electron chi connectivity index (χ3n) is 2.42. The number of imide groups is 1. The second-order valence-corrected chi connectivity index (χ2v) is 5.79. The highest BCUT2D eigenvalue weighted by molar-refractivity contribution is 8.01. The van der Waals surface area contributed by atoms with Gasteiger partial charge in [0.25, 0.3) is 0 Å². The first-order chi connectivity index (χ1) is 8.00. The highest BCUT2D eigenvalue weighted by Crippen LogP contribution is 2.33. The number of benzene rings is 1. The van der Waals surface area contributed by atoms with E-state index >= 15 is 0 Å². The van der Waals surface area contributed by atoms with Crippen molar-refractivity contribution in [3.8, 4) is 0 Å². The molecule has 2 amide bonds. The number of amides is 2. The first-order valence-corrected chi connectivity index (χ1v) is 6.74. The van der Waals surface area contributed by atoms with Gasteiger partial charge >= 0.3 is 0 Å². The molecule has 0 aromatic heterocycles. The number of halogens is 2. The van der Waals surface area contributed by atoms with Gasteiger partial charge in [-0.05, 0) is 25.1 Å². The van der Waals surface area contributed by atoms with Crippen LogP contribution in [0.3, 0.4) is 0 Å². The van der Waals surface area contributed by atoms with Gasteiger partial charge < -0.3 is 0 Å². The zero-order valence-corrected chi connectivity index (χ0v) is 11.3. The summed E-state index contributed by atoms with van der Waals surface area (Å²) in [5.74, 6) is -0.242. The number of carbonyl (C=O) groups is 2. The summed E-state index contributed by atoms with van der Waals surface area (Å²) in [7, 11) is 0. The van der Waals surface area contributed by atoms with E-state index in [9.17, 15) is 9.59 Å². The maximum Gasteiger partial charge on any atom is 0.246 e. The molecule has 1 heterocycles. The van der Waals surface area contributed by atoms with Crippen LogP contribution < -0.4 is 4.90 Å². The summed E-state index contributed by atoms with van der Waals surface area (Å²) in [5.41, 5.74) is 0.362. The summed E-state index contributed by atoms with van der Waals surface area (Å²) in [6.45, 7) is 1.77. The molecule has 1 saturated heterocycles. The van der Waals surface area contributed by atoms with Crippen LogP contribution in [0.1, 0.15) is 6.92 Å². The Bertz CT molecular complexity index is 492. The predicted octanol–water partition coefficient (Wildman–Crippen LogP) is 2.99. The topological polar surface area (TPSA) is 37.4 Å². The molecule has 0 bridgehead atoms. The second-order valence-electron chi connectivity index (χ2n) is 3.62. The van der Waals surface area contributed by atoms with E-state index in [-0.39, 0.29) is 22.8 Å². The largest absolute Gasteiger partial charge is 0.273 e. The molecule has 0 N–H and O–H groups in total. The van der Waals surface area contributed by atoms with E-state index < -0.39 is 0 Å². The third-order valence-corrected chi connectivity index (χ3v) is 4.09. The molecule has 1 aliphatic heterocycles. The van der Waals surface area contributed by atoms with E-state index in [2.05, 4.69) is 0 Å². The predicted molar refractivity (Wildman–Crippen MR) is 70.9 cm³/mol. The fourth-order valence-corrected chi connectivity index (χ4v) is 2.69. The average Bonchev–Trinajstić information content (AvgIpc) is 2.29. The minimum Gasteiger partial charge on any atom is -0.273 e. The van der Waals surface area contributed by atoms with E-state index in [1.807, 2.05) is 0 Å². The lowest BCUT2D eigenvalue weighted by Crippen LogP contribution is -2.46. The molecular weight excluding hydrogens is 281 g/mol. The lowest BCUT2D eigenvalue weighted by molar-refractivity contribution is -0.125. The van der Waals surface area contributed by atoms with Gasteiger partial charge in [-0.1, -0.05) is 23.2 Å². The Kier molecular flexibility index (Phi) is 3.66. The molecule has 0 spiro atoms. The van der Waals surface area contributed by atoms with Crippen LogP contribution in [0, 0.1) is 0 Å². The highest BCUT2D eigenvalue weighted by Gasteiger charge is 2.34. The number of rotatable bonds is 1. The van der Waals surface area contributed by atoms with Gasteiger partial charge in [0.2, 0.25) is 11.8 Å². The van der Waals surface area contributed by atoms with Crippen LogP contribution >= 0.6 is 35.0 Å². The first kappa shape index (κ1) is 12.7. The molecule has 90 valence electrons. The van der Waals surface area contributed by atoms with Crippen molar-refractivity contribution in [3.05, 3.63) is 28.2 Å². The zero-order chi connectivity index (χ0) is 12.6. The summed E-state index contributed by atoms with van der Waals surface area (Å²) >= 11 is 13.2. The number of hydrogen-bond acceptors (Lipinski definition) is 3. The molecule has 1 atom stereocenters. The summed E-state index contributed by atoms with van der Waals surface area (Å²) < 4.78 is 0. The van der Waals surface area contributed by atoms with Crippen molar-refractivity contribution in [2.24, 2.45) is 0 Å². The maximum absolute atomic E-state index is 12.0. The van der Waals surface area contributed by atoms with Gasteiger partial charge in [0, 0.05) is 5.02 Å². The number of anilines is 1. The molecule has 2 rings (SSSR count). The van der Waals surface area contributed by atoms with Gasteiger partial charge in [-0.2, -0.15) is 0 Å². The maximum atomic E-state index is 12.0. The lowest BCUT2D eigenvalue weighted by atomic mass is 10.2. The average molecular weight is 290 g/mol. The SMILES string of the molecule is C[C@@H]1SCC(=O)N(c2cc(Cl)ccc2Cl)C1=O. The molecule has 1 aromatic rings. The number of carbonyl (C=O) groups excluding carboxylic acids is 2. The quantitative estimate of drug-likeness (QED) is 0.746. The Balaban J connectivity index is 2.46. The summed E-state index contributed by atoms with van der Waals surface area (Å²) in [6, 6.07) is 4.72. The van der Waals surface area contributed by atoms with Gasteiger partial charge in [-0.15, -0.1) is 11.8 Å². The van der Waals surface area contributed by atoms with Crippen molar-refractivity contribution < 1.29 is 9.59 Å². The van der Waals surface area contributed by atoms with Crippen molar-refractivity contribution in [2.45, 2.75) is 12.2 Å². The van der Waals surface area contributed by atoms with Crippen molar-refractivity contribution >= 4 is 52.5 Å². The monoisotopic (exact) mass is 289 g/mol. The van der Waals surface area contributed by atoms with E-state index in [0.29, 0.717) is 15.7 Å². The van der Waals surface area contributed by atoms with Gasteiger partial charge in [0.1, 0.15) is 0 Å².